The predicted octanol–water partition coefficient (Wildman–Crippen LogP) is 3.05. The van der Waals surface area contributed by atoms with Crippen LogP contribution in [0, 0.1) is 5.92 Å². The highest BCUT2D eigenvalue weighted by Crippen LogP contribution is 2.33. The van der Waals surface area contributed by atoms with Gasteiger partial charge in [-0.3, -0.25) is 4.79 Å². The third-order valence-electron chi connectivity index (χ3n) is 3.82. The van der Waals surface area contributed by atoms with Crippen LogP contribution in [0.1, 0.15) is 32.1 Å². The highest BCUT2D eigenvalue weighted by Gasteiger charge is 2.33. The van der Waals surface area contributed by atoms with Crippen LogP contribution < -0.4 is 10.6 Å². The number of hydrogen-bond acceptors (Lipinski definition) is 3. The fourth-order valence-electron chi connectivity index (χ4n) is 2.87. The molecule has 2 N–H and O–H groups in total. The van der Waals surface area contributed by atoms with Gasteiger partial charge in [0.2, 0.25) is 5.91 Å². The first-order valence-electron chi connectivity index (χ1n) is 6.48. The zero-order valence-corrected chi connectivity index (χ0v) is 10.8. The number of carbonyl (C=O) groups is 1. The summed E-state index contributed by atoms with van der Waals surface area (Å²) in [5, 5.41) is 6.61. The van der Waals surface area contributed by atoms with E-state index in [2.05, 4.69) is 15.6 Å². The maximum absolute atomic E-state index is 12.1. The highest BCUT2D eigenvalue weighted by molar-refractivity contribution is 6.29. The molecule has 1 saturated carbocycles. The van der Waals surface area contributed by atoms with Crippen LogP contribution in [0.4, 0.5) is 11.5 Å². The summed E-state index contributed by atoms with van der Waals surface area (Å²) in [5.41, 5.74) is 0.719. The smallest absolute Gasteiger partial charge is 0.247 e. The first-order chi connectivity index (χ1) is 8.74. The van der Waals surface area contributed by atoms with E-state index in [4.69, 9.17) is 11.6 Å². The molecule has 0 radical (unpaired) electrons. The summed E-state index contributed by atoms with van der Waals surface area (Å²) in [6, 6.07) is 3.31. The summed E-state index contributed by atoms with van der Waals surface area (Å²) in [7, 11) is 0. The number of nitrogens with one attached hydrogen (secondary N) is 2. The van der Waals surface area contributed by atoms with E-state index in [-0.39, 0.29) is 11.9 Å². The Labute approximate surface area is 111 Å². The lowest BCUT2D eigenvalue weighted by Crippen LogP contribution is -2.45. The molecule has 1 aliphatic heterocycles. The van der Waals surface area contributed by atoms with Gasteiger partial charge in [0.05, 0.1) is 5.69 Å². The van der Waals surface area contributed by atoms with E-state index in [1.165, 1.54) is 19.3 Å². The van der Waals surface area contributed by atoms with E-state index >= 15 is 0 Å². The SMILES string of the molecule is O=C1Nc2ccc(Cl)nc2NC1C1CCCCC1. The second-order valence-electron chi connectivity index (χ2n) is 5.04. The van der Waals surface area contributed by atoms with Crippen LogP contribution >= 0.6 is 11.6 Å². The molecule has 0 aromatic carbocycles. The average molecular weight is 266 g/mol. The molecule has 1 amide bonds. The van der Waals surface area contributed by atoms with Gasteiger partial charge in [0.25, 0.3) is 0 Å². The quantitative estimate of drug-likeness (QED) is 0.768. The molecule has 2 heterocycles. The Morgan fingerprint density at radius 1 is 1.22 bits per heavy atom. The van der Waals surface area contributed by atoms with Crippen molar-refractivity contribution in [2.24, 2.45) is 5.92 Å². The summed E-state index contributed by atoms with van der Waals surface area (Å²) in [4.78, 5) is 16.3. The van der Waals surface area contributed by atoms with Crippen LogP contribution in [0.2, 0.25) is 5.15 Å². The number of nitrogens with zero attached hydrogens (tertiary/aromatic N) is 1. The van der Waals surface area contributed by atoms with Gasteiger partial charge in [-0.05, 0) is 30.9 Å². The fraction of sp³-hybridized carbons (Fsp3) is 0.538. The van der Waals surface area contributed by atoms with Gasteiger partial charge in [0.15, 0.2) is 5.82 Å². The summed E-state index contributed by atoms with van der Waals surface area (Å²) in [6.45, 7) is 0. The lowest BCUT2D eigenvalue weighted by molar-refractivity contribution is -0.118. The Bertz CT molecular complexity index is 471. The minimum absolute atomic E-state index is 0.0542. The molecule has 3 rings (SSSR count). The third-order valence-corrected chi connectivity index (χ3v) is 4.03. The largest absolute Gasteiger partial charge is 0.356 e. The van der Waals surface area contributed by atoms with E-state index < -0.39 is 0 Å². The second kappa shape index (κ2) is 4.76. The standard InChI is InChI=1S/C13H16ClN3O/c14-10-7-6-9-12(16-10)17-11(13(18)15-9)8-4-2-1-3-5-8/h6-8,11H,1-5H2,(H,15,18)(H,16,17). The number of amides is 1. The van der Waals surface area contributed by atoms with Gasteiger partial charge in [-0.25, -0.2) is 4.98 Å². The normalized spacial score (nSPS) is 24.1. The van der Waals surface area contributed by atoms with E-state index in [1.54, 1.807) is 12.1 Å². The molecule has 0 spiro atoms. The van der Waals surface area contributed by atoms with Gasteiger partial charge in [0, 0.05) is 0 Å². The number of fused-ring (bicyclic) bond motifs is 1. The number of hydrogen-bond donors (Lipinski definition) is 2. The third kappa shape index (κ3) is 2.17. The predicted molar refractivity (Wildman–Crippen MR) is 71.9 cm³/mol. The minimum Gasteiger partial charge on any atom is -0.356 e. The van der Waals surface area contributed by atoms with Crippen molar-refractivity contribution >= 4 is 29.0 Å². The Hall–Kier alpha value is -1.29. The lowest BCUT2D eigenvalue weighted by atomic mass is 9.83. The van der Waals surface area contributed by atoms with Crippen molar-refractivity contribution in [2.45, 2.75) is 38.1 Å². The Kier molecular flexibility index (Phi) is 3.12. The molecule has 1 atom stereocenters. The van der Waals surface area contributed by atoms with Crippen molar-refractivity contribution in [3.05, 3.63) is 17.3 Å². The Balaban J connectivity index is 1.83. The van der Waals surface area contributed by atoms with E-state index in [1.807, 2.05) is 0 Å². The molecular formula is C13H16ClN3O. The van der Waals surface area contributed by atoms with E-state index in [0.29, 0.717) is 16.9 Å². The van der Waals surface area contributed by atoms with Gasteiger partial charge in [0.1, 0.15) is 11.2 Å². The molecule has 2 aliphatic rings. The monoisotopic (exact) mass is 265 g/mol. The maximum Gasteiger partial charge on any atom is 0.247 e. The van der Waals surface area contributed by atoms with Gasteiger partial charge in [-0.1, -0.05) is 30.9 Å². The average Bonchev–Trinajstić information content (AvgIpc) is 2.39. The van der Waals surface area contributed by atoms with Gasteiger partial charge >= 0.3 is 0 Å². The van der Waals surface area contributed by atoms with Gasteiger partial charge in [-0.2, -0.15) is 0 Å². The summed E-state index contributed by atoms with van der Waals surface area (Å²) in [5.74, 6) is 1.16. The molecule has 96 valence electrons. The molecule has 5 heteroatoms. The van der Waals surface area contributed by atoms with Crippen molar-refractivity contribution in [1.29, 1.82) is 0 Å². The molecule has 4 nitrogen and oxygen atoms in total. The highest BCUT2D eigenvalue weighted by atomic mass is 35.5. The van der Waals surface area contributed by atoms with Crippen LogP contribution in [0.15, 0.2) is 12.1 Å². The molecule has 1 unspecified atom stereocenters. The lowest BCUT2D eigenvalue weighted by Gasteiger charge is -2.33. The minimum atomic E-state index is -0.163. The first kappa shape index (κ1) is 11.8. The zero-order chi connectivity index (χ0) is 12.5. The topological polar surface area (TPSA) is 54.0 Å². The van der Waals surface area contributed by atoms with Gasteiger partial charge < -0.3 is 10.6 Å². The molecule has 0 saturated heterocycles. The molecule has 1 aromatic heterocycles. The molecule has 1 aliphatic carbocycles. The molecule has 0 bridgehead atoms. The fourth-order valence-corrected chi connectivity index (χ4v) is 3.02. The molecular weight excluding hydrogens is 250 g/mol. The van der Waals surface area contributed by atoms with E-state index in [0.717, 1.165) is 18.5 Å². The van der Waals surface area contributed by atoms with Crippen molar-refractivity contribution in [3.63, 3.8) is 0 Å². The molecule has 1 fully saturated rings. The first-order valence-corrected chi connectivity index (χ1v) is 6.86. The van der Waals surface area contributed by atoms with Crippen molar-refractivity contribution in [2.75, 3.05) is 10.6 Å². The van der Waals surface area contributed by atoms with Crippen molar-refractivity contribution in [3.8, 4) is 0 Å². The number of rotatable bonds is 1. The van der Waals surface area contributed by atoms with Crippen LogP contribution in [0.25, 0.3) is 0 Å². The van der Waals surface area contributed by atoms with Crippen molar-refractivity contribution < 1.29 is 4.79 Å². The molecule has 18 heavy (non-hydrogen) atoms. The number of pyridine rings is 1. The zero-order valence-electron chi connectivity index (χ0n) is 10.1. The summed E-state index contributed by atoms with van der Waals surface area (Å²) in [6.07, 6.45) is 5.94. The molecule has 1 aromatic rings. The number of halogens is 1. The van der Waals surface area contributed by atoms with Crippen LogP contribution in [-0.2, 0) is 4.79 Å². The number of carbonyl (C=O) groups excluding carboxylic acids is 1. The van der Waals surface area contributed by atoms with E-state index in [9.17, 15) is 4.79 Å². The Morgan fingerprint density at radius 2 is 2.00 bits per heavy atom. The summed E-state index contributed by atoms with van der Waals surface area (Å²) < 4.78 is 0. The number of aromatic nitrogens is 1. The van der Waals surface area contributed by atoms with Crippen LogP contribution in [0.5, 0.6) is 0 Å². The Morgan fingerprint density at radius 3 is 2.78 bits per heavy atom. The van der Waals surface area contributed by atoms with Crippen molar-refractivity contribution in [1.82, 2.24) is 4.98 Å². The maximum atomic E-state index is 12.1. The number of anilines is 2. The van der Waals surface area contributed by atoms with Crippen LogP contribution in [-0.4, -0.2) is 16.9 Å². The second-order valence-corrected chi connectivity index (χ2v) is 5.43. The van der Waals surface area contributed by atoms with Crippen LogP contribution in [0.3, 0.4) is 0 Å². The summed E-state index contributed by atoms with van der Waals surface area (Å²) >= 11 is 5.88. The van der Waals surface area contributed by atoms with Gasteiger partial charge in [-0.15, -0.1) is 0 Å².